The molecule has 0 aliphatic rings. The molecule has 0 aromatic carbocycles. The van der Waals surface area contributed by atoms with Crippen LogP contribution in [0.25, 0.3) is 10.2 Å². The van der Waals surface area contributed by atoms with Gasteiger partial charge in [-0.3, -0.25) is 0 Å². The van der Waals surface area contributed by atoms with Crippen LogP contribution in [0.1, 0.15) is 36.2 Å². The van der Waals surface area contributed by atoms with Crippen molar-refractivity contribution in [2.75, 3.05) is 0 Å². The van der Waals surface area contributed by atoms with E-state index in [4.69, 9.17) is 16.3 Å². The maximum Gasteiger partial charge on any atom is 0.408 e. The van der Waals surface area contributed by atoms with Crippen LogP contribution < -0.4 is 5.32 Å². The van der Waals surface area contributed by atoms with Crippen LogP contribution in [-0.4, -0.2) is 27.7 Å². The molecule has 5 nitrogen and oxygen atoms in total. The average molecular weight is 515 g/mol. The Hall–Kier alpha value is -1.48. The molecule has 0 aliphatic heterocycles. The SMILES string of the molecule is C=C[C@@H](Cc1sc2c(Cc3nccs3)cc(Cl)nc2c1Br)NC(=O)OC(C)(C)C. The molecule has 29 heavy (non-hydrogen) atoms. The number of thiophene rings is 1. The lowest BCUT2D eigenvalue weighted by Crippen LogP contribution is -2.39. The second-order valence-electron chi connectivity index (χ2n) is 7.42. The molecule has 9 heteroatoms. The van der Waals surface area contributed by atoms with Crippen LogP contribution >= 0.6 is 50.2 Å². The number of halogens is 2. The highest BCUT2D eigenvalue weighted by Crippen LogP contribution is 2.39. The van der Waals surface area contributed by atoms with Gasteiger partial charge in [0.1, 0.15) is 10.8 Å². The van der Waals surface area contributed by atoms with E-state index >= 15 is 0 Å². The van der Waals surface area contributed by atoms with Crippen molar-refractivity contribution in [3.63, 3.8) is 0 Å². The molecule has 3 aromatic rings. The van der Waals surface area contributed by atoms with Crippen molar-refractivity contribution in [3.05, 3.63) is 55.4 Å². The highest BCUT2D eigenvalue weighted by molar-refractivity contribution is 9.10. The standard InChI is InChI=1S/C20H21BrClN3O2S2/c1-5-12(24-19(26)27-20(2,3)4)10-13-16(21)17-18(29-13)11(8-14(22)25-17)9-15-23-6-7-28-15/h5-8,12H,1,9-10H2,2-4H3,(H,24,26)/t12-/m0/s1. The minimum atomic E-state index is -0.556. The van der Waals surface area contributed by atoms with Gasteiger partial charge in [0, 0.05) is 29.3 Å². The van der Waals surface area contributed by atoms with Gasteiger partial charge >= 0.3 is 6.09 Å². The molecule has 0 saturated heterocycles. The highest BCUT2D eigenvalue weighted by Gasteiger charge is 2.22. The second kappa shape index (κ2) is 9.12. The number of pyridine rings is 1. The fourth-order valence-corrected chi connectivity index (χ4v) is 5.61. The Balaban J connectivity index is 1.86. The molecule has 154 valence electrons. The minimum absolute atomic E-state index is 0.271. The van der Waals surface area contributed by atoms with E-state index in [1.807, 2.05) is 32.2 Å². The molecule has 1 atom stereocenters. The van der Waals surface area contributed by atoms with Crippen LogP contribution in [0.4, 0.5) is 4.79 Å². The summed E-state index contributed by atoms with van der Waals surface area (Å²) in [6, 6.07) is 1.62. The highest BCUT2D eigenvalue weighted by atomic mass is 79.9. The number of nitrogens with one attached hydrogen (secondary N) is 1. The Morgan fingerprint density at radius 2 is 2.24 bits per heavy atom. The third kappa shape index (κ3) is 5.78. The van der Waals surface area contributed by atoms with Crippen molar-refractivity contribution in [1.82, 2.24) is 15.3 Å². The Morgan fingerprint density at radius 1 is 1.48 bits per heavy atom. The van der Waals surface area contributed by atoms with Crippen molar-refractivity contribution in [1.29, 1.82) is 0 Å². The summed E-state index contributed by atoms with van der Waals surface area (Å²) in [5.74, 6) is 0. The van der Waals surface area contributed by atoms with Crippen LogP contribution in [-0.2, 0) is 17.6 Å². The van der Waals surface area contributed by atoms with Crippen LogP contribution in [0, 0.1) is 0 Å². The number of fused-ring (bicyclic) bond motifs is 1. The largest absolute Gasteiger partial charge is 0.444 e. The molecular weight excluding hydrogens is 494 g/mol. The summed E-state index contributed by atoms with van der Waals surface area (Å²) in [5, 5.41) is 6.29. The van der Waals surface area contributed by atoms with E-state index in [1.165, 1.54) is 0 Å². The van der Waals surface area contributed by atoms with Crippen LogP contribution in [0.5, 0.6) is 0 Å². The molecule has 0 spiro atoms. The molecule has 0 saturated carbocycles. The molecule has 0 aliphatic carbocycles. The van der Waals surface area contributed by atoms with Crippen molar-refractivity contribution >= 4 is 66.5 Å². The second-order valence-corrected chi connectivity index (χ2v) is 10.7. The summed E-state index contributed by atoms with van der Waals surface area (Å²) in [6.45, 7) is 9.34. The normalized spacial score (nSPS) is 12.7. The van der Waals surface area contributed by atoms with E-state index in [0.717, 1.165) is 30.1 Å². The van der Waals surface area contributed by atoms with Crippen LogP contribution in [0.3, 0.4) is 0 Å². The number of hydrogen-bond donors (Lipinski definition) is 1. The maximum atomic E-state index is 12.1. The molecule has 0 unspecified atom stereocenters. The number of alkyl carbamates (subject to hydrolysis) is 1. The number of amides is 1. The van der Waals surface area contributed by atoms with Crippen LogP contribution in [0.2, 0.25) is 5.15 Å². The van der Waals surface area contributed by atoms with E-state index in [1.54, 1.807) is 34.9 Å². The number of ether oxygens (including phenoxy) is 1. The molecule has 3 heterocycles. The first-order valence-electron chi connectivity index (χ1n) is 8.93. The Kier molecular flexibility index (Phi) is 6.98. The number of aromatic nitrogens is 2. The lowest BCUT2D eigenvalue weighted by atomic mass is 10.1. The average Bonchev–Trinajstić information content (AvgIpc) is 3.22. The first-order valence-corrected chi connectivity index (χ1v) is 11.8. The minimum Gasteiger partial charge on any atom is -0.444 e. The molecule has 0 fully saturated rings. The molecule has 1 amide bonds. The summed E-state index contributed by atoms with van der Waals surface area (Å²) in [4.78, 5) is 22.1. The summed E-state index contributed by atoms with van der Waals surface area (Å²) in [6.07, 6.45) is 4.30. The Morgan fingerprint density at radius 3 is 2.86 bits per heavy atom. The van der Waals surface area contributed by atoms with Gasteiger partial charge < -0.3 is 10.1 Å². The Labute approximate surface area is 191 Å². The van der Waals surface area contributed by atoms with Crippen molar-refractivity contribution in [2.45, 2.75) is 45.3 Å². The van der Waals surface area contributed by atoms with Gasteiger partial charge in [0.2, 0.25) is 0 Å². The lowest BCUT2D eigenvalue weighted by Gasteiger charge is -2.22. The van der Waals surface area contributed by atoms with Gasteiger partial charge in [0.25, 0.3) is 0 Å². The number of carbonyl (C=O) groups is 1. The number of hydrogen-bond acceptors (Lipinski definition) is 6. The number of carbonyl (C=O) groups excluding carboxylic acids is 1. The van der Waals surface area contributed by atoms with Crippen molar-refractivity contribution in [2.24, 2.45) is 0 Å². The van der Waals surface area contributed by atoms with E-state index in [9.17, 15) is 4.79 Å². The summed E-state index contributed by atoms with van der Waals surface area (Å²) >= 11 is 13.2. The smallest absolute Gasteiger partial charge is 0.408 e. The van der Waals surface area contributed by atoms with Gasteiger partial charge in [-0.25, -0.2) is 14.8 Å². The van der Waals surface area contributed by atoms with Crippen molar-refractivity contribution < 1.29 is 9.53 Å². The molecule has 3 rings (SSSR count). The number of rotatable bonds is 6. The predicted octanol–water partition coefficient (Wildman–Crippen LogP) is 6.38. The van der Waals surface area contributed by atoms with E-state index in [-0.39, 0.29) is 6.04 Å². The summed E-state index contributed by atoms with van der Waals surface area (Å²) < 4.78 is 7.30. The molecule has 0 bridgehead atoms. The van der Waals surface area contributed by atoms with E-state index in [2.05, 4.69) is 37.8 Å². The van der Waals surface area contributed by atoms with E-state index in [0.29, 0.717) is 18.0 Å². The topological polar surface area (TPSA) is 64.1 Å². The molecular formula is C20H21BrClN3O2S2. The molecule has 3 aromatic heterocycles. The fourth-order valence-electron chi connectivity index (χ4n) is 2.73. The van der Waals surface area contributed by atoms with E-state index < -0.39 is 11.7 Å². The van der Waals surface area contributed by atoms with Gasteiger partial charge in [0.05, 0.1) is 25.7 Å². The molecule has 0 radical (unpaired) electrons. The number of nitrogens with zero attached hydrogens (tertiary/aromatic N) is 2. The van der Waals surface area contributed by atoms with Gasteiger partial charge in [-0.2, -0.15) is 0 Å². The van der Waals surface area contributed by atoms with Gasteiger partial charge in [-0.15, -0.1) is 29.3 Å². The third-order valence-electron chi connectivity index (χ3n) is 3.91. The number of thiazole rings is 1. The first-order chi connectivity index (χ1) is 13.7. The lowest BCUT2D eigenvalue weighted by molar-refractivity contribution is 0.0514. The summed E-state index contributed by atoms with van der Waals surface area (Å²) in [5.41, 5.74) is 1.35. The Bertz CT molecular complexity index is 1030. The predicted molar refractivity (Wildman–Crippen MR) is 124 cm³/mol. The van der Waals surface area contributed by atoms with Gasteiger partial charge in [0.15, 0.2) is 0 Å². The third-order valence-corrected chi connectivity index (χ3v) is 7.28. The zero-order valence-electron chi connectivity index (χ0n) is 16.3. The van der Waals surface area contributed by atoms with Crippen molar-refractivity contribution in [3.8, 4) is 0 Å². The first kappa shape index (κ1) is 22.2. The van der Waals surface area contributed by atoms with Gasteiger partial charge in [-0.05, 0) is 48.3 Å². The maximum absolute atomic E-state index is 12.1. The zero-order chi connectivity index (χ0) is 21.2. The molecule has 1 N–H and O–H groups in total. The van der Waals surface area contributed by atoms with Crippen LogP contribution in [0.15, 0.2) is 34.8 Å². The fraction of sp³-hybridized carbons (Fsp3) is 0.350. The van der Waals surface area contributed by atoms with Gasteiger partial charge in [-0.1, -0.05) is 17.7 Å². The quantitative estimate of drug-likeness (QED) is 0.306. The monoisotopic (exact) mass is 513 g/mol. The zero-order valence-corrected chi connectivity index (χ0v) is 20.3. The summed E-state index contributed by atoms with van der Waals surface area (Å²) in [7, 11) is 0.